The summed E-state index contributed by atoms with van der Waals surface area (Å²) in [5.41, 5.74) is 0.731. The molecule has 3 rings (SSSR count). The van der Waals surface area contributed by atoms with Gasteiger partial charge in [-0.25, -0.2) is 8.42 Å². The zero-order valence-electron chi connectivity index (χ0n) is 12.0. The number of carbonyl (C=O) groups is 2. The molecule has 22 heavy (non-hydrogen) atoms. The lowest BCUT2D eigenvalue weighted by atomic mass is 10.1. The molecule has 0 bridgehead atoms. The Kier molecular flexibility index (Phi) is 4.38. The van der Waals surface area contributed by atoms with E-state index in [4.69, 9.17) is 0 Å². The van der Waals surface area contributed by atoms with Crippen LogP contribution in [0.5, 0.6) is 0 Å². The third kappa shape index (κ3) is 3.11. The van der Waals surface area contributed by atoms with Crippen LogP contribution in [0.3, 0.4) is 0 Å². The highest BCUT2D eigenvalue weighted by atomic mass is 32.2. The second-order valence-electron chi connectivity index (χ2n) is 5.62. The molecule has 2 aliphatic heterocycles. The molecule has 2 saturated heterocycles. The van der Waals surface area contributed by atoms with Crippen molar-refractivity contribution in [3.05, 3.63) is 35.9 Å². The van der Waals surface area contributed by atoms with Crippen LogP contribution in [0.2, 0.25) is 0 Å². The Hall–Kier alpha value is -1.18. The average Bonchev–Trinajstić information content (AvgIpc) is 3.06. The first kappa shape index (κ1) is 15.7. The standard InChI is InChI=1S/C15H17NO4S2/c17-13-9-14(18)21-15(13)12-7-4-8-16(12)22(19,20)10-11-5-2-1-3-6-11/h1-3,5-6,12,15H,4,7-10H2. The van der Waals surface area contributed by atoms with Crippen LogP contribution in [-0.4, -0.2) is 41.5 Å². The lowest BCUT2D eigenvalue weighted by Gasteiger charge is -2.27. The molecule has 2 heterocycles. The highest BCUT2D eigenvalue weighted by Gasteiger charge is 2.45. The summed E-state index contributed by atoms with van der Waals surface area (Å²) in [6, 6.07) is 8.64. The van der Waals surface area contributed by atoms with Gasteiger partial charge in [0.05, 0.1) is 17.4 Å². The normalized spacial score (nSPS) is 26.7. The third-order valence-electron chi connectivity index (χ3n) is 4.04. The molecule has 118 valence electrons. The van der Waals surface area contributed by atoms with E-state index in [1.165, 1.54) is 4.31 Å². The summed E-state index contributed by atoms with van der Waals surface area (Å²) in [6.45, 7) is 0.429. The van der Waals surface area contributed by atoms with Crippen molar-refractivity contribution < 1.29 is 18.0 Å². The molecule has 1 aromatic carbocycles. The molecule has 0 aromatic heterocycles. The lowest BCUT2D eigenvalue weighted by Crippen LogP contribution is -2.43. The van der Waals surface area contributed by atoms with Crippen molar-refractivity contribution in [2.75, 3.05) is 6.54 Å². The maximum Gasteiger partial charge on any atom is 0.218 e. The summed E-state index contributed by atoms with van der Waals surface area (Å²) in [5, 5.41) is -0.678. The van der Waals surface area contributed by atoms with Gasteiger partial charge in [0.1, 0.15) is 0 Å². The van der Waals surface area contributed by atoms with Crippen LogP contribution in [-0.2, 0) is 25.4 Å². The number of thioether (sulfide) groups is 1. The fourth-order valence-electron chi connectivity index (χ4n) is 3.07. The molecule has 0 spiro atoms. The average molecular weight is 339 g/mol. The second-order valence-corrected chi connectivity index (χ2v) is 8.74. The minimum Gasteiger partial charge on any atom is -0.298 e. The number of hydrogen-bond donors (Lipinski definition) is 0. The second kappa shape index (κ2) is 6.14. The van der Waals surface area contributed by atoms with E-state index >= 15 is 0 Å². The molecule has 2 aliphatic rings. The fraction of sp³-hybridized carbons (Fsp3) is 0.467. The van der Waals surface area contributed by atoms with Gasteiger partial charge in [-0.15, -0.1) is 0 Å². The van der Waals surface area contributed by atoms with Gasteiger partial charge >= 0.3 is 0 Å². The molecule has 1 aromatic rings. The number of Topliss-reactive ketones (excluding diaryl/α,β-unsaturated/α-hetero) is 1. The quantitative estimate of drug-likeness (QED) is 0.779. The van der Waals surface area contributed by atoms with Crippen LogP contribution in [0.4, 0.5) is 0 Å². The van der Waals surface area contributed by atoms with Gasteiger partial charge in [0.25, 0.3) is 0 Å². The van der Waals surface area contributed by atoms with E-state index in [0.717, 1.165) is 23.7 Å². The van der Waals surface area contributed by atoms with Crippen LogP contribution >= 0.6 is 11.8 Å². The van der Waals surface area contributed by atoms with Crippen molar-refractivity contribution in [1.82, 2.24) is 4.31 Å². The van der Waals surface area contributed by atoms with Crippen molar-refractivity contribution in [1.29, 1.82) is 0 Å². The lowest BCUT2D eigenvalue weighted by molar-refractivity contribution is -0.121. The zero-order valence-corrected chi connectivity index (χ0v) is 13.6. The van der Waals surface area contributed by atoms with Crippen LogP contribution < -0.4 is 0 Å². The van der Waals surface area contributed by atoms with Crippen molar-refractivity contribution in [3.8, 4) is 0 Å². The number of sulfonamides is 1. The predicted molar refractivity (Wildman–Crippen MR) is 84.8 cm³/mol. The topological polar surface area (TPSA) is 71.5 Å². The Balaban J connectivity index is 1.80. The first-order valence-corrected chi connectivity index (χ1v) is 9.72. The minimum absolute atomic E-state index is 0.0656. The molecular formula is C15H17NO4S2. The van der Waals surface area contributed by atoms with Crippen molar-refractivity contribution in [2.24, 2.45) is 0 Å². The molecule has 2 fully saturated rings. The van der Waals surface area contributed by atoms with E-state index in [2.05, 4.69) is 0 Å². The van der Waals surface area contributed by atoms with Crippen molar-refractivity contribution in [2.45, 2.75) is 36.3 Å². The summed E-state index contributed by atoms with van der Waals surface area (Å²) >= 11 is 1.00. The number of rotatable bonds is 4. The highest BCUT2D eigenvalue weighted by molar-refractivity contribution is 8.15. The van der Waals surface area contributed by atoms with Crippen LogP contribution in [0.1, 0.15) is 24.8 Å². The SMILES string of the molecule is O=C1CC(=O)C(C2CCCN2S(=O)(=O)Cc2ccccc2)S1. The van der Waals surface area contributed by atoms with Crippen LogP contribution in [0, 0.1) is 0 Å². The summed E-state index contributed by atoms with van der Waals surface area (Å²) in [7, 11) is -3.48. The summed E-state index contributed by atoms with van der Waals surface area (Å²) in [6.07, 6.45) is 1.31. The number of nitrogens with zero attached hydrogens (tertiary/aromatic N) is 1. The van der Waals surface area contributed by atoms with Crippen LogP contribution in [0.15, 0.2) is 30.3 Å². The highest BCUT2D eigenvalue weighted by Crippen LogP contribution is 2.36. The van der Waals surface area contributed by atoms with Gasteiger partial charge in [-0.3, -0.25) is 9.59 Å². The summed E-state index contributed by atoms with van der Waals surface area (Å²) in [5.74, 6) is -0.203. The first-order valence-electron chi connectivity index (χ1n) is 7.23. The van der Waals surface area contributed by atoms with Crippen molar-refractivity contribution in [3.63, 3.8) is 0 Å². The van der Waals surface area contributed by atoms with E-state index in [0.29, 0.717) is 13.0 Å². The van der Waals surface area contributed by atoms with Gasteiger partial charge in [0, 0.05) is 12.6 Å². The van der Waals surface area contributed by atoms with Gasteiger partial charge in [0.2, 0.25) is 10.0 Å². The first-order chi connectivity index (χ1) is 10.5. The molecular weight excluding hydrogens is 322 g/mol. The van der Waals surface area contributed by atoms with E-state index in [9.17, 15) is 18.0 Å². The Morgan fingerprint density at radius 1 is 1.18 bits per heavy atom. The smallest absolute Gasteiger partial charge is 0.218 e. The predicted octanol–water partition coefficient (Wildman–Crippen LogP) is 1.58. The maximum atomic E-state index is 12.7. The van der Waals surface area contributed by atoms with Gasteiger partial charge < -0.3 is 0 Å². The zero-order chi connectivity index (χ0) is 15.7. The van der Waals surface area contributed by atoms with E-state index in [1.54, 1.807) is 24.3 Å². The maximum absolute atomic E-state index is 12.7. The number of benzene rings is 1. The largest absolute Gasteiger partial charge is 0.298 e. The fourth-order valence-corrected chi connectivity index (χ4v) is 6.13. The Morgan fingerprint density at radius 3 is 2.55 bits per heavy atom. The number of ketones is 1. The Bertz CT molecular complexity index is 687. The molecule has 0 saturated carbocycles. The minimum atomic E-state index is -3.48. The van der Waals surface area contributed by atoms with Gasteiger partial charge in [-0.1, -0.05) is 42.1 Å². The molecule has 0 aliphatic carbocycles. The van der Waals surface area contributed by atoms with E-state index < -0.39 is 15.3 Å². The molecule has 0 N–H and O–H groups in total. The van der Waals surface area contributed by atoms with E-state index in [-0.39, 0.29) is 29.1 Å². The van der Waals surface area contributed by atoms with Gasteiger partial charge in [-0.2, -0.15) is 4.31 Å². The molecule has 5 nitrogen and oxygen atoms in total. The summed E-state index contributed by atoms with van der Waals surface area (Å²) < 4.78 is 26.8. The molecule has 0 radical (unpaired) electrons. The summed E-state index contributed by atoms with van der Waals surface area (Å²) in [4.78, 5) is 23.4. The Labute approximate surface area is 134 Å². The van der Waals surface area contributed by atoms with Crippen LogP contribution in [0.25, 0.3) is 0 Å². The Morgan fingerprint density at radius 2 is 1.91 bits per heavy atom. The van der Waals surface area contributed by atoms with Crippen molar-refractivity contribution >= 4 is 32.7 Å². The third-order valence-corrected chi connectivity index (χ3v) is 7.15. The molecule has 2 unspecified atom stereocenters. The van der Waals surface area contributed by atoms with Gasteiger partial charge in [-0.05, 0) is 18.4 Å². The molecule has 7 heteroatoms. The molecule has 2 atom stereocenters. The van der Waals surface area contributed by atoms with E-state index in [1.807, 2.05) is 6.07 Å². The molecule has 0 amide bonds. The number of carbonyl (C=O) groups excluding carboxylic acids is 2. The number of hydrogen-bond acceptors (Lipinski definition) is 5. The van der Waals surface area contributed by atoms with Gasteiger partial charge in [0.15, 0.2) is 10.9 Å². The monoisotopic (exact) mass is 339 g/mol.